The van der Waals surface area contributed by atoms with Crippen molar-refractivity contribution < 1.29 is 4.39 Å². The molecule has 0 fully saturated rings. The summed E-state index contributed by atoms with van der Waals surface area (Å²) in [5.41, 5.74) is 6.25. The Labute approximate surface area is 109 Å². The highest BCUT2D eigenvalue weighted by molar-refractivity contribution is 7.98. The Morgan fingerprint density at radius 1 is 1.33 bits per heavy atom. The van der Waals surface area contributed by atoms with Crippen LogP contribution in [0.3, 0.4) is 0 Å². The quantitative estimate of drug-likeness (QED) is 0.843. The fourth-order valence-corrected chi connectivity index (χ4v) is 2.66. The minimum Gasteiger partial charge on any atom is -0.324 e. The van der Waals surface area contributed by atoms with Crippen LogP contribution < -0.4 is 5.73 Å². The van der Waals surface area contributed by atoms with Crippen LogP contribution in [-0.2, 0) is 18.8 Å². The molecular formula is C12H15FN4S. The first-order chi connectivity index (χ1) is 8.76. The van der Waals surface area contributed by atoms with Gasteiger partial charge in [0.1, 0.15) is 11.6 Å². The van der Waals surface area contributed by atoms with Gasteiger partial charge in [0.15, 0.2) is 5.16 Å². The molecular weight excluding hydrogens is 251 g/mol. The Hall–Kier alpha value is -1.40. The summed E-state index contributed by atoms with van der Waals surface area (Å²) in [7, 11) is 0. The molecule has 0 saturated carbocycles. The maximum Gasteiger partial charge on any atom is 0.191 e. The zero-order valence-electron chi connectivity index (χ0n) is 10.1. The van der Waals surface area contributed by atoms with E-state index < -0.39 is 0 Å². The van der Waals surface area contributed by atoms with Crippen LogP contribution in [0.2, 0.25) is 0 Å². The predicted octanol–water partition coefficient (Wildman–Crippen LogP) is 2.19. The molecule has 2 aromatic rings. The lowest BCUT2D eigenvalue weighted by Gasteiger charge is -2.06. The number of benzene rings is 1. The lowest BCUT2D eigenvalue weighted by Crippen LogP contribution is -2.08. The Morgan fingerprint density at radius 3 is 2.78 bits per heavy atom. The monoisotopic (exact) mass is 266 g/mol. The van der Waals surface area contributed by atoms with Crippen LogP contribution in [0.4, 0.5) is 4.39 Å². The molecule has 0 aliphatic heterocycles. The molecule has 0 atom stereocenters. The van der Waals surface area contributed by atoms with E-state index in [4.69, 9.17) is 5.73 Å². The second-order valence-electron chi connectivity index (χ2n) is 3.73. The number of halogens is 1. The molecule has 0 aliphatic carbocycles. The van der Waals surface area contributed by atoms with Gasteiger partial charge in [0, 0.05) is 12.3 Å². The lowest BCUT2D eigenvalue weighted by atomic mass is 10.2. The molecule has 0 radical (unpaired) electrons. The molecule has 2 N–H and O–H groups in total. The molecule has 96 valence electrons. The maximum absolute atomic E-state index is 13.5. The number of hydrogen-bond donors (Lipinski definition) is 1. The van der Waals surface area contributed by atoms with Gasteiger partial charge < -0.3 is 10.3 Å². The minimum absolute atomic E-state index is 0.188. The standard InChI is InChI=1S/C12H15FN4S/c1-2-17-11(7-14)15-16-12(17)18-8-9-5-3-4-6-10(9)13/h3-6H,2,7-8,14H2,1H3. The first-order valence-corrected chi connectivity index (χ1v) is 6.73. The number of aromatic nitrogens is 3. The van der Waals surface area contributed by atoms with Crippen LogP contribution >= 0.6 is 11.8 Å². The number of hydrogen-bond acceptors (Lipinski definition) is 4. The van der Waals surface area contributed by atoms with Crippen molar-refractivity contribution in [1.82, 2.24) is 14.8 Å². The van der Waals surface area contributed by atoms with E-state index in [9.17, 15) is 4.39 Å². The second kappa shape index (κ2) is 5.97. The SMILES string of the molecule is CCn1c(CN)nnc1SCc1ccccc1F. The van der Waals surface area contributed by atoms with E-state index in [1.165, 1.54) is 17.8 Å². The van der Waals surface area contributed by atoms with E-state index in [-0.39, 0.29) is 5.82 Å². The molecule has 0 spiro atoms. The smallest absolute Gasteiger partial charge is 0.191 e. The van der Waals surface area contributed by atoms with Crippen LogP contribution in [0.5, 0.6) is 0 Å². The van der Waals surface area contributed by atoms with Gasteiger partial charge in [0.25, 0.3) is 0 Å². The number of nitrogens with two attached hydrogens (primary N) is 1. The summed E-state index contributed by atoms with van der Waals surface area (Å²) >= 11 is 1.47. The third-order valence-corrected chi connectivity index (χ3v) is 3.62. The average Bonchev–Trinajstić information content (AvgIpc) is 2.79. The van der Waals surface area contributed by atoms with Crippen molar-refractivity contribution in [1.29, 1.82) is 0 Å². The fourth-order valence-electron chi connectivity index (χ4n) is 1.65. The van der Waals surface area contributed by atoms with E-state index in [1.807, 2.05) is 17.6 Å². The molecule has 0 amide bonds. The molecule has 1 aromatic carbocycles. The van der Waals surface area contributed by atoms with Gasteiger partial charge in [-0.2, -0.15) is 0 Å². The third-order valence-electron chi connectivity index (χ3n) is 2.61. The van der Waals surface area contributed by atoms with E-state index in [2.05, 4.69) is 10.2 Å². The summed E-state index contributed by atoms with van der Waals surface area (Å²) in [6.45, 7) is 3.13. The zero-order valence-corrected chi connectivity index (χ0v) is 11.0. The molecule has 18 heavy (non-hydrogen) atoms. The maximum atomic E-state index is 13.5. The van der Waals surface area contributed by atoms with Crippen LogP contribution in [0.25, 0.3) is 0 Å². The predicted molar refractivity (Wildman–Crippen MR) is 69.5 cm³/mol. The summed E-state index contributed by atoms with van der Waals surface area (Å²) in [6, 6.07) is 6.75. The van der Waals surface area contributed by atoms with Crippen LogP contribution in [-0.4, -0.2) is 14.8 Å². The highest BCUT2D eigenvalue weighted by Crippen LogP contribution is 2.23. The average molecular weight is 266 g/mol. The summed E-state index contributed by atoms with van der Waals surface area (Å²) in [6.07, 6.45) is 0. The molecule has 0 bridgehead atoms. The van der Waals surface area contributed by atoms with Gasteiger partial charge in [0.2, 0.25) is 0 Å². The molecule has 1 aromatic heterocycles. The summed E-state index contributed by atoms with van der Waals surface area (Å²) in [5, 5.41) is 8.87. The molecule has 6 heteroatoms. The normalized spacial score (nSPS) is 10.8. The Bertz CT molecular complexity index is 527. The molecule has 1 heterocycles. The second-order valence-corrected chi connectivity index (χ2v) is 4.67. The number of nitrogens with zero attached hydrogens (tertiary/aromatic N) is 3. The van der Waals surface area contributed by atoms with E-state index in [0.717, 1.165) is 17.5 Å². The summed E-state index contributed by atoms with van der Waals surface area (Å²) < 4.78 is 15.4. The van der Waals surface area contributed by atoms with Gasteiger partial charge >= 0.3 is 0 Å². The Balaban J connectivity index is 2.11. The lowest BCUT2D eigenvalue weighted by molar-refractivity contribution is 0.616. The first kappa shape index (κ1) is 13.0. The number of rotatable bonds is 5. The minimum atomic E-state index is -0.188. The molecule has 0 saturated heterocycles. The van der Waals surface area contributed by atoms with Gasteiger partial charge in [-0.05, 0) is 18.6 Å². The van der Waals surface area contributed by atoms with E-state index >= 15 is 0 Å². The Kier molecular flexibility index (Phi) is 4.33. The van der Waals surface area contributed by atoms with Crippen molar-refractivity contribution in [2.45, 2.75) is 30.9 Å². The van der Waals surface area contributed by atoms with Crippen molar-refractivity contribution in [3.63, 3.8) is 0 Å². The molecule has 4 nitrogen and oxygen atoms in total. The molecule has 0 unspecified atom stereocenters. The van der Waals surface area contributed by atoms with Gasteiger partial charge in [-0.25, -0.2) is 4.39 Å². The van der Waals surface area contributed by atoms with E-state index in [0.29, 0.717) is 17.9 Å². The third kappa shape index (κ3) is 2.70. The summed E-state index contributed by atoms with van der Waals surface area (Å²) in [5.74, 6) is 1.11. The largest absolute Gasteiger partial charge is 0.324 e. The Morgan fingerprint density at radius 2 is 2.11 bits per heavy atom. The van der Waals surface area contributed by atoms with E-state index in [1.54, 1.807) is 12.1 Å². The van der Waals surface area contributed by atoms with Gasteiger partial charge in [0.05, 0.1) is 6.54 Å². The van der Waals surface area contributed by atoms with Gasteiger partial charge in [-0.15, -0.1) is 10.2 Å². The molecule has 0 aliphatic rings. The van der Waals surface area contributed by atoms with Crippen LogP contribution in [0.1, 0.15) is 18.3 Å². The van der Waals surface area contributed by atoms with Crippen molar-refractivity contribution in [2.24, 2.45) is 5.73 Å². The topological polar surface area (TPSA) is 56.7 Å². The molecule has 2 rings (SSSR count). The van der Waals surface area contributed by atoms with Gasteiger partial charge in [-0.3, -0.25) is 0 Å². The first-order valence-electron chi connectivity index (χ1n) is 5.74. The highest BCUT2D eigenvalue weighted by Gasteiger charge is 2.10. The van der Waals surface area contributed by atoms with Crippen molar-refractivity contribution >= 4 is 11.8 Å². The fraction of sp³-hybridized carbons (Fsp3) is 0.333. The van der Waals surface area contributed by atoms with Crippen molar-refractivity contribution in [3.05, 3.63) is 41.5 Å². The highest BCUT2D eigenvalue weighted by atomic mass is 32.2. The van der Waals surface area contributed by atoms with Crippen molar-refractivity contribution in [3.8, 4) is 0 Å². The van der Waals surface area contributed by atoms with Crippen LogP contribution in [0, 0.1) is 5.82 Å². The zero-order chi connectivity index (χ0) is 13.0. The van der Waals surface area contributed by atoms with Crippen LogP contribution in [0.15, 0.2) is 29.4 Å². The number of thioether (sulfide) groups is 1. The van der Waals surface area contributed by atoms with Crippen molar-refractivity contribution in [2.75, 3.05) is 0 Å². The summed E-state index contributed by atoms with van der Waals surface area (Å²) in [4.78, 5) is 0. The van der Waals surface area contributed by atoms with Gasteiger partial charge in [-0.1, -0.05) is 30.0 Å².